The zero-order valence-electron chi connectivity index (χ0n) is 12.1. The molecule has 2 aromatic rings. The van der Waals surface area contributed by atoms with Crippen LogP contribution in [0.15, 0.2) is 30.7 Å². The highest BCUT2D eigenvalue weighted by atomic mass is 14.9. The summed E-state index contributed by atoms with van der Waals surface area (Å²) in [5, 5.41) is 3.44. The molecular weight excluding hydrogens is 262 g/mol. The second-order valence-corrected chi connectivity index (χ2v) is 5.62. The van der Waals surface area contributed by atoms with Crippen LogP contribution in [0.1, 0.15) is 25.0 Å². The first-order valence-electron chi connectivity index (χ1n) is 7.55. The van der Waals surface area contributed by atoms with Crippen molar-refractivity contribution >= 4 is 5.82 Å². The maximum atomic E-state index is 5.59. The molecule has 0 unspecified atom stereocenters. The van der Waals surface area contributed by atoms with E-state index in [2.05, 4.69) is 20.3 Å². The third-order valence-corrected chi connectivity index (χ3v) is 3.98. The Morgan fingerprint density at radius 2 is 2.00 bits per heavy atom. The van der Waals surface area contributed by atoms with Crippen molar-refractivity contribution in [3.63, 3.8) is 0 Å². The Hall–Kier alpha value is -2.01. The monoisotopic (exact) mass is 283 g/mol. The fourth-order valence-electron chi connectivity index (χ4n) is 2.76. The third-order valence-electron chi connectivity index (χ3n) is 3.98. The van der Waals surface area contributed by atoms with Crippen LogP contribution in [0.3, 0.4) is 0 Å². The van der Waals surface area contributed by atoms with Crippen LogP contribution in [0.4, 0.5) is 5.82 Å². The number of hydrogen-bond donors (Lipinski definition) is 2. The van der Waals surface area contributed by atoms with Crippen LogP contribution in [-0.4, -0.2) is 28.0 Å². The summed E-state index contributed by atoms with van der Waals surface area (Å²) in [6.07, 6.45) is 10.2. The zero-order chi connectivity index (χ0) is 14.5. The van der Waals surface area contributed by atoms with E-state index in [1.54, 1.807) is 12.3 Å². The number of pyridine rings is 1. The summed E-state index contributed by atoms with van der Waals surface area (Å²) in [4.78, 5) is 13.2. The molecule has 0 radical (unpaired) electrons. The number of aromatic nitrogens is 3. The molecule has 0 aliphatic carbocycles. The van der Waals surface area contributed by atoms with E-state index in [9.17, 15) is 0 Å². The molecule has 0 spiro atoms. The first kappa shape index (κ1) is 13.9. The van der Waals surface area contributed by atoms with Crippen molar-refractivity contribution in [2.45, 2.75) is 25.7 Å². The number of rotatable bonds is 3. The van der Waals surface area contributed by atoms with Gasteiger partial charge in [0, 0.05) is 18.0 Å². The van der Waals surface area contributed by atoms with E-state index in [0.29, 0.717) is 5.82 Å². The van der Waals surface area contributed by atoms with Gasteiger partial charge in [-0.1, -0.05) is 0 Å². The van der Waals surface area contributed by atoms with Crippen LogP contribution in [0.25, 0.3) is 11.3 Å². The predicted octanol–water partition coefficient (Wildman–Crippen LogP) is 2.05. The lowest BCUT2D eigenvalue weighted by atomic mass is 9.95. The van der Waals surface area contributed by atoms with E-state index >= 15 is 0 Å². The van der Waals surface area contributed by atoms with Crippen molar-refractivity contribution in [3.8, 4) is 11.3 Å². The maximum Gasteiger partial charge on any atom is 0.123 e. The van der Waals surface area contributed by atoms with Gasteiger partial charge in [0.05, 0.1) is 17.6 Å². The average Bonchev–Trinajstić information content (AvgIpc) is 2.78. The van der Waals surface area contributed by atoms with E-state index in [1.165, 1.54) is 19.3 Å². The molecule has 3 heterocycles. The lowest BCUT2D eigenvalue weighted by Gasteiger charge is -2.12. The highest BCUT2D eigenvalue weighted by molar-refractivity contribution is 5.58. The predicted molar refractivity (Wildman–Crippen MR) is 83.6 cm³/mol. The molecule has 110 valence electrons. The van der Waals surface area contributed by atoms with E-state index in [1.807, 2.05) is 18.5 Å². The Bertz CT molecular complexity index is 556. The van der Waals surface area contributed by atoms with Crippen LogP contribution in [0, 0.1) is 5.92 Å². The summed E-state index contributed by atoms with van der Waals surface area (Å²) in [6.45, 7) is 2.26. The van der Waals surface area contributed by atoms with Gasteiger partial charge in [0.25, 0.3) is 0 Å². The second-order valence-electron chi connectivity index (χ2n) is 5.62. The fraction of sp³-hybridized carbons (Fsp3) is 0.438. The van der Waals surface area contributed by atoms with Crippen LogP contribution in [0.5, 0.6) is 0 Å². The van der Waals surface area contributed by atoms with Crippen LogP contribution in [0.2, 0.25) is 0 Å². The molecule has 0 saturated carbocycles. The van der Waals surface area contributed by atoms with Crippen LogP contribution >= 0.6 is 0 Å². The quantitative estimate of drug-likeness (QED) is 0.901. The summed E-state index contributed by atoms with van der Waals surface area (Å²) in [7, 11) is 0. The summed E-state index contributed by atoms with van der Waals surface area (Å²) < 4.78 is 0. The van der Waals surface area contributed by atoms with Gasteiger partial charge >= 0.3 is 0 Å². The summed E-state index contributed by atoms with van der Waals surface area (Å²) in [5.74, 6) is 1.24. The zero-order valence-corrected chi connectivity index (χ0v) is 12.1. The molecular formula is C16H21N5. The molecule has 5 heteroatoms. The van der Waals surface area contributed by atoms with Crippen molar-refractivity contribution in [2.75, 3.05) is 18.8 Å². The Kier molecular flexibility index (Phi) is 4.40. The summed E-state index contributed by atoms with van der Waals surface area (Å²) in [5.41, 5.74) is 8.46. The molecule has 0 amide bonds. The van der Waals surface area contributed by atoms with Gasteiger partial charge < -0.3 is 11.1 Å². The smallest absolute Gasteiger partial charge is 0.123 e. The average molecular weight is 283 g/mol. The van der Waals surface area contributed by atoms with Gasteiger partial charge in [0.1, 0.15) is 5.82 Å². The minimum atomic E-state index is 0.519. The number of nitrogens with one attached hydrogen (secondary N) is 1. The molecule has 3 N–H and O–H groups in total. The van der Waals surface area contributed by atoms with Gasteiger partial charge in [-0.15, -0.1) is 0 Å². The topological polar surface area (TPSA) is 76.7 Å². The number of anilines is 1. The van der Waals surface area contributed by atoms with E-state index in [0.717, 1.165) is 42.4 Å². The van der Waals surface area contributed by atoms with Gasteiger partial charge in [-0.3, -0.25) is 9.97 Å². The molecule has 21 heavy (non-hydrogen) atoms. The first-order chi connectivity index (χ1) is 10.3. The molecule has 1 saturated heterocycles. The lowest BCUT2D eigenvalue weighted by Crippen LogP contribution is -2.14. The van der Waals surface area contributed by atoms with Gasteiger partial charge in [-0.05, 0) is 56.8 Å². The van der Waals surface area contributed by atoms with Gasteiger partial charge in [0.15, 0.2) is 0 Å². The summed E-state index contributed by atoms with van der Waals surface area (Å²) in [6, 6.07) is 3.70. The molecule has 1 aliphatic heterocycles. The fourth-order valence-corrected chi connectivity index (χ4v) is 2.76. The van der Waals surface area contributed by atoms with Crippen LogP contribution in [-0.2, 0) is 6.42 Å². The van der Waals surface area contributed by atoms with Crippen molar-refractivity contribution in [3.05, 3.63) is 36.4 Å². The third kappa shape index (κ3) is 3.76. The molecule has 1 fully saturated rings. The Balaban J connectivity index is 1.67. The van der Waals surface area contributed by atoms with Crippen molar-refractivity contribution in [2.24, 2.45) is 5.92 Å². The Morgan fingerprint density at radius 1 is 1.05 bits per heavy atom. The molecule has 0 aromatic carbocycles. The number of hydrogen-bond acceptors (Lipinski definition) is 5. The van der Waals surface area contributed by atoms with Gasteiger partial charge in [-0.25, -0.2) is 4.98 Å². The lowest BCUT2D eigenvalue weighted by molar-refractivity contribution is 0.464. The van der Waals surface area contributed by atoms with Crippen molar-refractivity contribution in [1.82, 2.24) is 20.3 Å². The highest BCUT2D eigenvalue weighted by Crippen LogP contribution is 2.20. The highest BCUT2D eigenvalue weighted by Gasteiger charge is 2.13. The molecule has 3 rings (SSSR count). The van der Waals surface area contributed by atoms with Crippen molar-refractivity contribution in [1.29, 1.82) is 0 Å². The normalized spacial score (nSPS) is 19.1. The maximum absolute atomic E-state index is 5.59. The molecule has 5 nitrogen and oxygen atoms in total. The van der Waals surface area contributed by atoms with Gasteiger partial charge in [0.2, 0.25) is 0 Å². The minimum Gasteiger partial charge on any atom is -0.384 e. The SMILES string of the molecule is Nc1ccc(-c2cnc(C[C@@H]3CCCNCC3)cn2)cn1. The van der Waals surface area contributed by atoms with Gasteiger partial charge in [-0.2, -0.15) is 0 Å². The number of nitrogens with zero attached hydrogens (tertiary/aromatic N) is 3. The molecule has 1 atom stereocenters. The molecule has 2 aromatic heterocycles. The van der Waals surface area contributed by atoms with E-state index < -0.39 is 0 Å². The second kappa shape index (κ2) is 6.63. The molecule has 1 aliphatic rings. The van der Waals surface area contributed by atoms with E-state index in [4.69, 9.17) is 5.73 Å². The Morgan fingerprint density at radius 3 is 2.76 bits per heavy atom. The number of nitrogen functional groups attached to an aromatic ring is 1. The first-order valence-corrected chi connectivity index (χ1v) is 7.55. The largest absolute Gasteiger partial charge is 0.384 e. The molecule has 0 bridgehead atoms. The standard InChI is InChI=1S/C16H21N5/c17-16-4-3-13(9-21-16)15-11-19-14(10-20-15)8-12-2-1-6-18-7-5-12/h3-4,9-12,18H,1-2,5-8H2,(H2,17,21)/t12-/m1/s1. The summed E-state index contributed by atoms with van der Waals surface area (Å²) >= 11 is 0. The minimum absolute atomic E-state index is 0.519. The Labute approximate surface area is 125 Å². The van der Waals surface area contributed by atoms with Crippen LogP contribution < -0.4 is 11.1 Å². The number of nitrogens with two attached hydrogens (primary N) is 1. The van der Waals surface area contributed by atoms with Crippen molar-refractivity contribution < 1.29 is 0 Å². The van der Waals surface area contributed by atoms with E-state index in [-0.39, 0.29) is 0 Å².